The van der Waals surface area contributed by atoms with Crippen molar-refractivity contribution in [1.82, 2.24) is 5.32 Å². The summed E-state index contributed by atoms with van der Waals surface area (Å²) in [6.07, 6.45) is 8.97. The maximum absolute atomic E-state index is 12.8. The van der Waals surface area contributed by atoms with Crippen molar-refractivity contribution in [3.05, 3.63) is 39.9 Å². The van der Waals surface area contributed by atoms with Crippen molar-refractivity contribution in [1.29, 1.82) is 0 Å². The molecule has 1 aliphatic carbocycles. The van der Waals surface area contributed by atoms with E-state index in [-0.39, 0.29) is 16.6 Å². The van der Waals surface area contributed by atoms with Crippen molar-refractivity contribution in [2.75, 3.05) is 17.1 Å². The average Bonchev–Trinajstić information content (AvgIpc) is 2.61. The minimum absolute atomic E-state index is 0.212. The fourth-order valence-corrected chi connectivity index (χ4v) is 4.93. The Balaban J connectivity index is 2.18. The Morgan fingerprint density at radius 1 is 1.30 bits per heavy atom. The molecule has 1 atom stereocenters. The van der Waals surface area contributed by atoms with Crippen LogP contribution in [0.3, 0.4) is 0 Å². The van der Waals surface area contributed by atoms with Gasteiger partial charge in [0.05, 0.1) is 17.0 Å². The lowest BCUT2D eigenvalue weighted by molar-refractivity contribution is -0.122. The van der Waals surface area contributed by atoms with Gasteiger partial charge in [-0.2, -0.15) is 0 Å². The minimum atomic E-state index is -3.74. The molecule has 1 N–H and O–H groups in total. The first-order chi connectivity index (χ1) is 12.7. The molecule has 8 heteroatoms. The third-order valence-corrected chi connectivity index (χ3v) is 6.33. The lowest BCUT2D eigenvalue weighted by Gasteiger charge is -2.31. The van der Waals surface area contributed by atoms with Gasteiger partial charge in [0.2, 0.25) is 15.9 Å². The van der Waals surface area contributed by atoms with Gasteiger partial charge in [0, 0.05) is 11.6 Å². The second-order valence-electron chi connectivity index (χ2n) is 6.73. The van der Waals surface area contributed by atoms with Crippen LogP contribution in [0.5, 0.6) is 0 Å². The van der Waals surface area contributed by atoms with Crippen LogP contribution in [0.1, 0.15) is 45.4 Å². The van der Waals surface area contributed by atoms with Crippen LogP contribution in [0, 0.1) is 0 Å². The normalized spacial score (nSPS) is 15.8. The fourth-order valence-electron chi connectivity index (χ4n) is 3.29. The van der Waals surface area contributed by atoms with E-state index >= 15 is 0 Å². The van der Waals surface area contributed by atoms with E-state index in [0.29, 0.717) is 18.0 Å². The molecule has 1 unspecified atom stereocenters. The van der Waals surface area contributed by atoms with Gasteiger partial charge in [-0.3, -0.25) is 9.10 Å². The number of benzene rings is 1. The maximum atomic E-state index is 12.8. The average molecular weight is 433 g/mol. The molecular weight excluding hydrogens is 407 g/mol. The van der Waals surface area contributed by atoms with E-state index < -0.39 is 16.1 Å². The number of carbonyl (C=O) groups excluding carboxylic acids is 1. The van der Waals surface area contributed by atoms with Crippen molar-refractivity contribution in [3.8, 4) is 0 Å². The molecule has 5 nitrogen and oxygen atoms in total. The summed E-state index contributed by atoms with van der Waals surface area (Å²) in [4.78, 5) is 12.8. The molecule has 0 fully saturated rings. The molecule has 0 radical (unpaired) electrons. The monoisotopic (exact) mass is 432 g/mol. The van der Waals surface area contributed by atoms with E-state index in [1.807, 2.05) is 0 Å². The van der Waals surface area contributed by atoms with Crippen LogP contribution in [0.2, 0.25) is 10.0 Å². The number of hydrogen-bond donors (Lipinski definition) is 1. The fraction of sp³-hybridized carbons (Fsp3) is 0.526. The topological polar surface area (TPSA) is 66.5 Å². The zero-order chi connectivity index (χ0) is 20.0. The molecule has 0 saturated carbocycles. The lowest BCUT2D eigenvalue weighted by Crippen LogP contribution is -2.49. The summed E-state index contributed by atoms with van der Waals surface area (Å²) in [5.41, 5.74) is 1.57. The van der Waals surface area contributed by atoms with E-state index in [0.717, 1.165) is 29.8 Å². The first kappa shape index (κ1) is 22.1. The zero-order valence-corrected chi connectivity index (χ0v) is 18.0. The predicted octanol–water partition coefficient (Wildman–Crippen LogP) is 4.54. The van der Waals surface area contributed by atoms with E-state index in [1.54, 1.807) is 13.0 Å². The summed E-state index contributed by atoms with van der Waals surface area (Å²) in [6, 6.07) is 3.68. The van der Waals surface area contributed by atoms with Gasteiger partial charge in [-0.1, -0.05) is 41.8 Å². The quantitative estimate of drug-likeness (QED) is 0.612. The van der Waals surface area contributed by atoms with Crippen LogP contribution in [-0.2, 0) is 14.8 Å². The van der Waals surface area contributed by atoms with Gasteiger partial charge < -0.3 is 5.32 Å². The van der Waals surface area contributed by atoms with Crippen molar-refractivity contribution >= 4 is 44.8 Å². The number of nitrogens with one attached hydrogen (secondary N) is 1. The molecule has 0 aliphatic heterocycles. The summed E-state index contributed by atoms with van der Waals surface area (Å²) >= 11 is 12.2. The molecule has 150 valence electrons. The summed E-state index contributed by atoms with van der Waals surface area (Å²) < 4.78 is 26.0. The number of anilines is 1. The Hall–Kier alpha value is -1.24. The molecule has 0 heterocycles. The summed E-state index contributed by atoms with van der Waals surface area (Å²) in [6.45, 7) is 2.26. The highest BCUT2D eigenvalue weighted by Gasteiger charge is 2.32. The van der Waals surface area contributed by atoms with Crippen LogP contribution in [-0.4, -0.2) is 33.2 Å². The second-order valence-corrected chi connectivity index (χ2v) is 9.43. The molecule has 1 aliphatic rings. The van der Waals surface area contributed by atoms with E-state index in [9.17, 15) is 13.2 Å². The molecule has 1 aromatic carbocycles. The largest absolute Gasteiger partial charge is 0.354 e. The van der Waals surface area contributed by atoms with Gasteiger partial charge in [-0.15, -0.1) is 0 Å². The molecule has 2 rings (SSSR count). The summed E-state index contributed by atoms with van der Waals surface area (Å²) in [5, 5.41) is 3.45. The molecule has 27 heavy (non-hydrogen) atoms. The Labute approximate surface area is 171 Å². The maximum Gasteiger partial charge on any atom is 0.243 e. The van der Waals surface area contributed by atoms with Gasteiger partial charge in [0.15, 0.2) is 0 Å². The molecular formula is C19H26Cl2N2O3S. The number of hydrogen-bond acceptors (Lipinski definition) is 3. The number of allylic oxidation sites excluding steroid dienone is 1. The SMILES string of the molecule is CCC(C(=O)NCCC1=CCCCC1)N(c1cc(Cl)ccc1Cl)S(C)(=O)=O. The van der Waals surface area contributed by atoms with Crippen molar-refractivity contribution in [3.63, 3.8) is 0 Å². The Bertz CT molecular complexity index is 809. The molecule has 1 amide bonds. The van der Waals surface area contributed by atoms with Crippen LogP contribution in [0.15, 0.2) is 29.8 Å². The van der Waals surface area contributed by atoms with E-state index in [1.165, 1.54) is 30.5 Å². The van der Waals surface area contributed by atoms with Crippen molar-refractivity contribution in [2.24, 2.45) is 0 Å². The van der Waals surface area contributed by atoms with Crippen LogP contribution < -0.4 is 9.62 Å². The summed E-state index contributed by atoms with van der Waals surface area (Å²) in [7, 11) is -3.74. The van der Waals surface area contributed by atoms with E-state index in [4.69, 9.17) is 23.2 Å². The number of amides is 1. The predicted molar refractivity (Wildman–Crippen MR) is 112 cm³/mol. The van der Waals surface area contributed by atoms with Gasteiger partial charge in [0.1, 0.15) is 6.04 Å². The molecule has 0 aromatic heterocycles. The summed E-state index contributed by atoms with van der Waals surface area (Å²) in [5.74, 6) is -0.338. The van der Waals surface area contributed by atoms with Crippen LogP contribution in [0.25, 0.3) is 0 Å². The first-order valence-electron chi connectivity index (χ1n) is 9.14. The highest BCUT2D eigenvalue weighted by Crippen LogP contribution is 2.33. The van der Waals surface area contributed by atoms with Gasteiger partial charge in [-0.25, -0.2) is 8.42 Å². The first-order valence-corrected chi connectivity index (χ1v) is 11.7. The van der Waals surface area contributed by atoms with Crippen LogP contribution in [0.4, 0.5) is 5.69 Å². The van der Waals surface area contributed by atoms with Gasteiger partial charge >= 0.3 is 0 Å². The number of sulfonamides is 1. The molecule has 0 saturated heterocycles. The standard InChI is InChI=1S/C19H26Cl2N2O3S/c1-3-17(19(24)22-12-11-14-7-5-4-6-8-14)23(27(2,25)26)18-13-15(20)9-10-16(18)21/h7,9-10,13,17H,3-6,8,11-12H2,1-2H3,(H,22,24). The third-order valence-electron chi connectivity index (χ3n) is 4.61. The van der Waals surface area contributed by atoms with Crippen LogP contribution >= 0.6 is 23.2 Å². The third kappa shape index (κ3) is 6.13. The van der Waals surface area contributed by atoms with Gasteiger partial charge in [-0.05, 0) is 56.7 Å². The lowest BCUT2D eigenvalue weighted by atomic mass is 9.97. The molecule has 1 aromatic rings. The highest BCUT2D eigenvalue weighted by molar-refractivity contribution is 7.92. The molecule has 0 bridgehead atoms. The number of nitrogens with zero attached hydrogens (tertiary/aromatic N) is 1. The van der Waals surface area contributed by atoms with E-state index in [2.05, 4.69) is 11.4 Å². The van der Waals surface area contributed by atoms with Crippen molar-refractivity contribution in [2.45, 2.75) is 51.5 Å². The smallest absolute Gasteiger partial charge is 0.243 e. The Morgan fingerprint density at radius 3 is 2.63 bits per heavy atom. The molecule has 0 spiro atoms. The Morgan fingerprint density at radius 2 is 2.04 bits per heavy atom. The number of rotatable bonds is 8. The highest BCUT2D eigenvalue weighted by atomic mass is 35.5. The number of carbonyl (C=O) groups is 1. The second kappa shape index (κ2) is 9.80. The van der Waals surface area contributed by atoms with Crippen molar-refractivity contribution < 1.29 is 13.2 Å². The van der Waals surface area contributed by atoms with Gasteiger partial charge in [0.25, 0.3) is 0 Å². The minimum Gasteiger partial charge on any atom is -0.354 e. The Kier molecular flexibility index (Phi) is 8.01. The zero-order valence-electron chi connectivity index (χ0n) is 15.7. The number of halogens is 2.